The Kier molecular flexibility index (Phi) is 5.52. The highest BCUT2D eigenvalue weighted by Crippen LogP contribution is 2.29. The minimum atomic E-state index is -4.75. The van der Waals surface area contributed by atoms with Crippen LogP contribution in [-0.2, 0) is 20.6 Å². The molecule has 25 heavy (non-hydrogen) atoms. The molecule has 1 atom stereocenters. The van der Waals surface area contributed by atoms with Gasteiger partial charge in [-0.2, -0.15) is 22.5 Å². The van der Waals surface area contributed by atoms with Gasteiger partial charge >= 0.3 is 18.0 Å². The Labute approximate surface area is 140 Å². The number of alkyl halides is 3. The first-order valence-corrected chi connectivity index (χ1v) is 8.82. The van der Waals surface area contributed by atoms with Crippen molar-refractivity contribution in [1.82, 2.24) is 15.1 Å². The molecule has 0 radical (unpaired) electrons. The van der Waals surface area contributed by atoms with Crippen LogP contribution in [0.25, 0.3) is 11.4 Å². The topological polar surface area (TPSA) is 108 Å². The van der Waals surface area contributed by atoms with Crippen molar-refractivity contribution < 1.29 is 31.4 Å². The van der Waals surface area contributed by atoms with E-state index in [0.717, 1.165) is 6.20 Å². The number of halogens is 3. The van der Waals surface area contributed by atoms with E-state index in [4.69, 9.17) is 4.74 Å². The molecule has 1 amide bonds. The van der Waals surface area contributed by atoms with Gasteiger partial charge in [-0.1, -0.05) is 5.16 Å². The van der Waals surface area contributed by atoms with Crippen molar-refractivity contribution in [2.24, 2.45) is 4.36 Å². The van der Waals surface area contributed by atoms with Gasteiger partial charge in [0.25, 0.3) is 0 Å². The zero-order valence-electron chi connectivity index (χ0n) is 13.1. The molecule has 2 rings (SSSR count). The lowest BCUT2D eigenvalue weighted by Gasteiger charge is -2.02. The van der Waals surface area contributed by atoms with Gasteiger partial charge in [-0.05, 0) is 12.1 Å². The average Bonchev–Trinajstić information content (AvgIpc) is 3.03. The highest BCUT2D eigenvalue weighted by Gasteiger charge is 2.38. The third kappa shape index (κ3) is 5.06. The molecule has 2 heterocycles. The molecule has 0 aliphatic heterocycles. The number of hydrogen-bond donors (Lipinski definition) is 0. The van der Waals surface area contributed by atoms with Crippen LogP contribution in [0.1, 0.15) is 16.4 Å². The Morgan fingerprint density at radius 1 is 1.40 bits per heavy atom. The van der Waals surface area contributed by atoms with Crippen LogP contribution in [0.2, 0.25) is 0 Å². The first kappa shape index (κ1) is 19.0. The summed E-state index contributed by atoms with van der Waals surface area (Å²) in [6.45, 7) is 0.178. The van der Waals surface area contributed by atoms with E-state index < -0.39 is 27.7 Å². The zero-order chi connectivity index (χ0) is 18.7. The summed E-state index contributed by atoms with van der Waals surface area (Å²) in [5.41, 5.74) is 0.00250. The number of pyridine rings is 1. The van der Waals surface area contributed by atoms with E-state index in [1.165, 1.54) is 25.5 Å². The van der Waals surface area contributed by atoms with Crippen LogP contribution in [0.5, 0.6) is 0 Å². The quantitative estimate of drug-likeness (QED) is 0.783. The van der Waals surface area contributed by atoms with Gasteiger partial charge in [0, 0.05) is 25.1 Å². The first-order chi connectivity index (χ1) is 11.6. The second-order valence-corrected chi connectivity index (χ2v) is 7.42. The number of carbonyl (C=O) groups is 1. The third-order valence-corrected chi connectivity index (χ3v) is 4.33. The number of methoxy groups -OCH3 is 1. The lowest BCUT2D eigenvalue weighted by Crippen LogP contribution is -2.12. The predicted molar refractivity (Wildman–Crippen MR) is 80.1 cm³/mol. The summed E-state index contributed by atoms with van der Waals surface area (Å²) in [4.78, 5) is 19.0. The van der Waals surface area contributed by atoms with Crippen molar-refractivity contribution in [3.63, 3.8) is 0 Å². The first-order valence-electron chi connectivity index (χ1n) is 6.73. The number of amides is 1. The summed E-state index contributed by atoms with van der Waals surface area (Å²) in [5.74, 6) is -2.54. The number of aromatic nitrogens is 3. The van der Waals surface area contributed by atoms with E-state index in [0.29, 0.717) is 0 Å². The molecule has 12 heteroatoms. The summed E-state index contributed by atoms with van der Waals surface area (Å²) in [6, 6.07) is 2.50. The van der Waals surface area contributed by atoms with Gasteiger partial charge in [0.1, 0.15) is 5.69 Å². The molecule has 0 aromatic carbocycles. The molecule has 0 saturated carbocycles. The van der Waals surface area contributed by atoms with Gasteiger partial charge in [-0.3, -0.25) is 9.78 Å². The van der Waals surface area contributed by atoms with Crippen LogP contribution in [-0.4, -0.2) is 51.0 Å². The predicted octanol–water partition coefficient (Wildman–Crippen LogP) is 2.03. The summed E-state index contributed by atoms with van der Waals surface area (Å²) in [6.07, 6.45) is -2.34. The maximum absolute atomic E-state index is 12.4. The second-order valence-electron chi connectivity index (χ2n) is 4.91. The van der Waals surface area contributed by atoms with Gasteiger partial charge in [0.2, 0.25) is 5.82 Å². The van der Waals surface area contributed by atoms with E-state index in [-0.39, 0.29) is 29.4 Å². The molecule has 0 aliphatic carbocycles. The van der Waals surface area contributed by atoms with Gasteiger partial charge in [0.05, 0.1) is 22.1 Å². The molecule has 0 fully saturated rings. The Morgan fingerprint density at radius 3 is 2.64 bits per heavy atom. The maximum Gasteiger partial charge on any atom is 0.471 e. The van der Waals surface area contributed by atoms with E-state index in [1.54, 1.807) is 0 Å². The Morgan fingerprint density at radius 2 is 2.12 bits per heavy atom. The number of rotatable bonds is 5. The van der Waals surface area contributed by atoms with Crippen molar-refractivity contribution in [2.45, 2.75) is 6.18 Å². The highest BCUT2D eigenvalue weighted by atomic mass is 32.2. The van der Waals surface area contributed by atoms with Crippen molar-refractivity contribution in [1.29, 1.82) is 0 Å². The monoisotopic (exact) mass is 378 g/mol. The molecule has 2 aromatic heterocycles. The van der Waals surface area contributed by atoms with Crippen LogP contribution < -0.4 is 0 Å². The smallest absolute Gasteiger partial charge is 0.384 e. The lowest BCUT2D eigenvalue weighted by atomic mass is 10.2. The molecule has 0 saturated heterocycles. The molecule has 8 nitrogen and oxygen atoms in total. The Bertz CT molecular complexity index is 870. The van der Waals surface area contributed by atoms with Crippen LogP contribution in [0.15, 0.2) is 27.2 Å². The minimum Gasteiger partial charge on any atom is -0.384 e. The third-order valence-electron chi connectivity index (χ3n) is 2.85. The van der Waals surface area contributed by atoms with Crippen molar-refractivity contribution in [3.8, 4) is 11.4 Å². The summed E-state index contributed by atoms with van der Waals surface area (Å²) >= 11 is 0. The standard InChI is InChI=1S/C13H13F3N4O4S/c1-23-5-6-25(2,22)20-11(21)9-4-3-8(7-17-9)10-18-12(24-19-10)13(14,15)16/h3-4,7H,5-6H2,1-2H3. The molecule has 0 bridgehead atoms. The number of carbonyl (C=O) groups excluding carboxylic acids is 1. The van der Waals surface area contributed by atoms with Crippen molar-refractivity contribution in [3.05, 3.63) is 29.9 Å². The van der Waals surface area contributed by atoms with Gasteiger partial charge in [0.15, 0.2) is 0 Å². The summed E-state index contributed by atoms with van der Waals surface area (Å²) in [5, 5.41) is 3.21. The second kappa shape index (κ2) is 7.27. The van der Waals surface area contributed by atoms with Crippen LogP contribution >= 0.6 is 0 Å². The number of hydrogen-bond acceptors (Lipinski definition) is 7. The molecular formula is C13H13F3N4O4S. The molecule has 0 aliphatic rings. The fraction of sp³-hybridized carbons (Fsp3) is 0.385. The molecule has 0 spiro atoms. The van der Waals surface area contributed by atoms with Crippen LogP contribution in [0.4, 0.5) is 13.2 Å². The van der Waals surface area contributed by atoms with E-state index in [2.05, 4.69) is 24.0 Å². The minimum absolute atomic E-state index is 0.0798. The molecular weight excluding hydrogens is 365 g/mol. The largest absolute Gasteiger partial charge is 0.471 e. The van der Waals surface area contributed by atoms with E-state index in [9.17, 15) is 22.2 Å². The normalized spacial score (nSPS) is 14.1. The molecule has 0 N–H and O–H groups in total. The summed E-state index contributed by atoms with van der Waals surface area (Å²) < 4.78 is 61.9. The Balaban J connectivity index is 2.20. The fourth-order valence-electron chi connectivity index (χ4n) is 1.61. The van der Waals surface area contributed by atoms with Crippen LogP contribution in [0, 0.1) is 0 Å². The SMILES string of the molecule is COCCS(C)(=O)=NC(=O)c1ccc(-c2noc(C(F)(F)F)n2)cn1. The van der Waals surface area contributed by atoms with Crippen molar-refractivity contribution in [2.75, 3.05) is 25.7 Å². The molecule has 2 aromatic rings. The number of ether oxygens (including phenoxy) is 1. The van der Waals surface area contributed by atoms with Gasteiger partial charge in [-0.25, -0.2) is 4.21 Å². The lowest BCUT2D eigenvalue weighted by molar-refractivity contribution is -0.159. The summed E-state index contributed by atoms with van der Waals surface area (Å²) in [7, 11) is -1.34. The van der Waals surface area contributed by atoms with Crippen LogP contribution in [0.3, 0.4) is 0 Å². The maximum atomic E-state index is 12.4. The van der Waals surface area contributed by atoms with Gasteiger partial charge < -0.3 is 9.26 Å². The number of nitrogens with zero attached hydrogens (tertiary/aromatic N) is 4. The van der Waals surface area contributed by atoms with E-state index >= 15 is 0 Å². The van der Waals surface area contributed by atoms with Gasteiger partial charge in [-0.15, -0.1) is 0 Å². The highest BCUT2D eigenvalue weighted by molar-refractivity contribution is 7.93. The van der Waals surface area contributed by atoms with Crippen molar-refractivity contribution >= 4 is 15.6 Å². The fourth-order valence-corrected chi connectivity index (χ4v) is 2.63. The Hall–Kier alpha value is -2.34. The zero-order valence-corrected chi connectivity index (χ0v) is 13.9. The molecule has 1 unspecified atom stereocenters. The average molecular weight is 378 g/mol. The van der Waals surface area contributed by atoms with E-state index in [1.807, 2.05) is 0 Å². The molecule has 136 valence electrons.